The monoisotopic (exact) mass is 462 g/mol. The van der Waals surface area contributed by atoms with Crippen LogP contribution >= 0.6 is 0 Å². The number of rotatable bonds is 5. The van der Waals surface area contributed by atoms with Crippen LogP contribution in [0.5, 0.6) is 0 Å². The molecule has 3 aromatic carbocycles. The quantitative estimate of drug-likeness (QED) is 0.225. The number of aromatic nitrogens is 1. The van der Waals surface area contributed by atoms with Gasteiger partial charge in [-0.2, -0.15) is 0 Å². The standard InChI is InChI=1S/C30H26N2O3/c1-19(2)21-10-12-23(13-11-21)27-26(28(33)25-9-5-7-22-6-3-4-8-24(22)25)29(34)30(35)32(27)18-20-14-16-31-17-15-20/h3-17,19,27,33H,18H2,1-2H3/b28-26-. The van der Waals surface area contributed by atoms with Gasteiger partial charge in [0.25, 0.3) is 11.7 Å². The van der Waals surface area contributed by atoms with Crippen LogP contribution in [-0.4, -0.2) is 26.7 Å². The van der Waals surface area contributed by atoms with Gasteiger partial charge in [-0.3, -0.25) is 14.6 Å². The van der Waals surface area contributed by atoms with Gasteiger partial charge in [0.2, 0.25) is 0 Å². The van der Waals surface area contributed by atoms with Crippen molar-refractivity contribution in [1.82, 2.24) is 9.88 Å². The Morgan fingerprint density at radius 3 is 2.31 bits per heavy atom. The molecule has 0 spiro atoms. The molecule has 1 unspecified atom stereocenters. The van der Waals surface area contributed by atoms with E-state index in [-0.39, 0.29) is 17.9 Å². The Morgan fingerprint density at radius 1 is 0.914 bits per heavy atom. The van der Waals surface area contributed by atoms with Crippen molar-refractivity contribution in [1.29, 1.82) is 0 Å². The molecule has 1 N–H and O–H groups in total. The number of benzene rings is 3. The summed E-state index contributed by atoms with van der Waals surface area (Å²) >= 11 is 0. The van der Waals surface area contributed by atoms with Crippen molar-refractivity contribution >= 4 is 28.2 Å². The fraction of sp³-hybridized carbons (Fsp3) is 0.167. The molecule has 5 rings (SSSR count). The molecule has 4 aromatic rings. The van der Waals surface area contributed by atoms with Gasteiger partial charge in [-0.05, 0) is 45.5 Å². The van der Waals surface area contributed by atoms with E-state index in [1.54, 1.807) is 23.4 Å². The molecule has 2 heterocycles. The smallest absolute Gasteiger partial charge is 0.295 e. The molecule has 0 aliphatic carbocycles. The first-order chi connectivity index (χ1) is 17.0. The number of amides is 1. The summed E-state index contributed by atoms with van der Waals surface area (Å²) in [6.07, 6.45) is 3.32. The average Bonchev–Trinajstić information content (AvgIpc) is 3.13. The lowest BCUT2D eigenvalue weighted by molar-refractivity contribution is -0.140. The maximum Gasteiger partial charge on any atom is 0.295 e. The van der Waals surface area contributed by atoms with Gasteiger partial charge < -0.3 is 10.0 Å². The summed E-state index contributed by atoms with van der Waals surface area (Å²) in [5, 5.41) is 13.3. The normalized spacial score (nSPS) is 17.5. The predicted molar refractivity (Wildman–Crippen MR) is 137 cm³/mol. The maximum absolute atomic E-state index is 13.4. The van der Waals surface area contributed by atoms with Crippen molar-refractivity contribution in [2.45, 2.75) is 32.4 Å². The number of pyridine rings is 1. The molecular weight excluding hydrogens is 436 g/mol. The van der Waals surface area contributed by atoms with Crippen molar-refractivity contribution < 1.29 is 14.7 Å². The molecule has 1 amide bonds. The second kappa shape index (κ2) is 9.18. The predicted octanol–water partition coefficient (Wildman–Crippen LogP) is 5.98. The van der Waals surface area contributed by atoms with Crippen LogP contribution in [0.3, 0.4) is 0 Å². The highest BCUT2D eigenvalue weighted by molar-refractivity contribution is 6.46. The van der Waals surface area contributed by atoms with Crippen molar-refractivity contribution in [2.24, 2.45) is 0 Å². The van der Waals surface area contributed by atoms with E-state index in [0.29, 0.717) is 11.5 Å². The lowest BCUT2D eigenvalue weighted by Crippen LogP contribution is -2.29. The van der Waals surface area contributed by atoms with Crippen molar-refractivity contribution in [3.05, 3.63) is 119 Å². The number of fused-ring (bicyclic) bond motifs is 1. The molecule has 0 saturated carbocycles. The number of aliphatic hydroxyl groups is 1. The fourth-order valence-electron chi connectivity index (χ4n) is 4.71. The van der Waals surface area contributed by atoms with Gasteiger partial charge in [-0.25, -0.2) is 0 Å². The van der Waals surface area contributed by atoms with Crippen LogP contribution in [0.1, 0.15) is 48.1 Å². The third-order valence-corrected chi connectivity index (χ3v) is 6.61. The van der Waals surface area contributed by atoms with Crippen molar-refractivity contribution in [2.75, 3.05) is 0 Å². The zero-order chi connectivity index (χ0) is 24.5. The van der Waals surface area contributed by atoms with Gasteiger partial charge >= 0.3 is 0 Å². The zero-order valence-electron chi connectivity index (χ0n) is 19.7. The summed E-state index contributed by atoms with van der Waals surface area (Å²) in [7, 11) is 0. The average molecular weight is 463 g/mol. The number of carbonyl (C=O) groups is 2. The first-order valence-corrected chi connectivity index (χ1v) is 11.7. The molecule has 1 fully saturated rings. The maximum atomic E-state index is 13.4. The molecule has 1 aliphatic rings. The zero-order valence-corrected chi connectivity index (χ0v) is 19.7. The van der Waals surface area contributed by atoms with E-state index in [0.717, 1.165) is 27.5 Å². The van der Waals surface area contributed by atoms with Crippen LogP contribution in [0.15, 0.2) is 96.8 Å². The molecule has 5 nitrogen and oxygen atoms in total. The summed E-state index contributed by atoms with van der Waals surface area (Å²) in [6, 6.07) is 24.1. The highest BCUT2D eigenvalue weighted by Crippen LogP contribution is 2.41. The molecule has 1 aromatic heterocycles. The lowest BCUT2D eigenvalue weighted by atomic mass is 9.92. The Bertz CT molecular complexity index is 1430. The number of hydrogen-bond donors (Lipinski definition) is 1. The van der Waals surface area contributed by atoms with Crippen LogP contribution in [0.2, 0.25) is 0 Å². The number of Topliss-reactive ketones (excluding diaryl/α,β-unsaturated/α-hetero) is 1. The second-order valence-corrected chi connectivity index (χ2v) is 9.13. The van der Waals surface area contributed by atoms with E-state index in [4.69, 9.17) is 0 Å². The first kappa shape index (κ1) is 22.5. The minimum atomic E-state index is -0.705. The minimum absolute atomic E-state index is 0.109. The van der Waals surface area contributed by atoms with Gasteiger partial charge in [-0.15, -0.1) is 0 Å². The molecule has 0 bridgehead atoms. The van der Waals surface area contributed by atoms with Crippen LogP contribution in [-0.2, 0) is 16.1 Å². The van der Waals surface area contributed by atoms with Crippen LogP contribution in [0, 0.1) is 0 Å². The molecule has 1 saturated heterocycles. The van der Waals surface area contributed by atoms with E-state index >= 15 is 0 Å². The Balaban J connectivity index is 1.69. The number of likely N-dealkylation sites (tertiary alicyclic amines) is 1. The second-order valence-electron chi connectivity index (χ2n) is 9.13. The topological polar surface area (TPSA) is 70.5 Å². The highest BCUT2D eigenvalue weighted by Gasteiger charge is 2.46. The van der Waals surface area contributed by atoms with Crippen LogP contribution in [0.4, 0.5) is 0 Å². The van der Waals surface area contributed by atoms with Gasteiger partial charge in [0.05, 0.1) is 11.6 Å². The van der Waals surface area contributed by atoms with E-state index < -0.39 is 17.7 Å². The number of nitrogens with zero attached hydrogens (tertiary/aromatic N) is 2. The van der Waals surface area contributed by atoms with E-state index in [1.165, 1.54) is 0 Å². The fourth-order valence-corrected chi connectivity index (χ4v) is 4.71. The largest absolute Gasteiger partial charge is 0.507 e. The summed E-state index contributed by atoms with van der Waals surface area (Å²) in [5.74, 6) is -1.11. The van der Waals surface area contributed by atoms with Crippen LogP contribution in [0.25, 0.3) is 16.5 Å². The Kier molecular flexibility index (Phi) is 5.91. The first-order valence-electron chi connectivity index (χ1n) is 11.7. The number of carbonyl (C=O) groups excluding carboxylic acids is 2. The van der Waals surface area contributed by atoms with Crippen molar-refractivity contribution in [3.8, 4) is 0 Å². The molecule has 174 valence electrons. The minimum Gasteiger partial charge on any atom is -0.507 e. The van der Waals surface area contributed by atoms with E-state index in [2.05, 4.69) is 18.8 Å². The summed E-state index contributed by atoms with van der Waals surface area (Å²) in [6.45, 7) is 4.46. The summed E-state index contributed by atoms with van der Waals surface area (Å²) < 4.78 is 0. The Morgan fingerprint density at radius 2 is 1.60 bits per heavy atom. The number of ketones is 1. The Labute approximate surface area is 204 Å². The highest BCUT2D eigenvalue weighted by atomic mass is 16.3. The van der Waals surface area contributed by atoms with Gasteiger partial charge in [0.15, 0.2) is 0 Å². The molecule has 35 heavy (non-hydrogen) atoms. The van der Waals surface area contributed by atoms with Gasteiger partial charge in [-0.1, -0.05) is 80.6 Å². The Hall–Kier alpha value is -4.25. The molecular formula is C30H26N2O3. The molecule has 1 atom stereocenters. The lowest BCUT2D eigenvalue weighted by Gasteiger charge is -2.26. The van der Waals surface area contributed by atoms with E-state index in [1.807, 2.05) is 72.8 Å². The molecule has 0 radical (unpaired) electrons. The summed E-state index contributed by atoms with van der Waals surface area (Å²) in [4.78, 5) is 32.3. The van der Waals surface area contributed by atoms with Gasteiger partial charge in [0, 0.05) is 24.5 Å². The SMILES string of the molecule is CC(C)c1ccc(C2/C(=C(/O)c3cccc4ccccc34)C(=O)C(=O)N2Cc2ccncc2)cc1. The third-order valence-electron chi connectivity index (χ3n) is 6.61. The number of hydrogen-bond acceptors (Lipinski definition) is 4. The van der Waals surface area contributed by atoms with Crippen LogP contribution < -0.4 is 0 Å². The molecule has 5 heteroatoms. The van der Waals surface area contributed by atoms with Gasteiger partial charge in [0.1, 0.15) is 5.76 Å². The number of aliphatic hydroxyl groups excluding tert-OH is 1. The molecule has 1 aliphatic heterocycles. The van der Waals surface area contributed by atoms with Crippen molar-refractivity contribution in [3.63, 3.8) is 0 Å². The van der Waals surface area contributed by atoms with E-state index in [9.17, 15) is 14.7 Å². The summed E-state index contributed by atoms with van der Waals surface area (Å²) in [5.41, 5.74) is 3.45. The third kappa shape index (κ3) is 4.10.